The lowest BCUT2D eigenvalue weighted by Gasteiger charge is -2.18. The van der Waals surface area contributed by atoms with Crippen LogP contribution in [-0.4, -0.2) is 37.6 Å². The minimum Gasteiger partial charge on any atom is -0.383 e. The summed E-state index contributed by atoms with van der Waals surface area (Å²) in [6.45, 7) is 4.80. The number of carbonyl (C=O) groups excluding carboxylic acids is 1. The van der Waals surface area contributed by atoms with Gasteiger partial charge >= 0.3 is 0 Å². The number of ether oxygens (including phenoxy) is 1. The second-order valence-corrected chi connectivity index (χ2v) is 2.43. The summed E-state index contributed by atoms with van der Waals surface area (Å²) in [5.74, 6) is -0.160. The van der Waals surface area contributed by atoms with E-state index in [-0.39, 0.29) is 5.91 Å². The third-order valence-corrected chi connectivity index (χ3v) is 1.55. The number of hydrogen-bond donors (Lipinski definition) is 0. The van der Waals surface area contributed by atoms with Crippen LogP contribution in [0.4, 0.5) is 0 Å². The molecule has 0 saturated carbocycles. The first-order valence-electron chi connectivity index (χ1n) is 4.03. The number of methoxy groups -OCH3 is 1. The monoisotopic (exact) mass is 182 g/mol. The molecule has 4 nitrogen and oxygen atoms in total. The van der Waals surface area contributed by atoms with Gasteiger partial charge in [0.15, 0.2) is 0 Å². The molecule has 1 amide bonds. The first-order chi connectivity index (χ1) is 6.26. The van der Waals surface area contributed by atoms with E-state index in [1.807, 2.05) is 6.07 Å². The van der Waals surface area contributed by atoms with Gasteiger partial charge < -0.3 is 9.64 Å². The van der Waals surface area contributed by atoms with E-state index in [2.05, 4.69) is 6.58 Å². The van der Waals surface area contributed by atoms with Gasteiger partial charge in [-0.1, -0.05) is 6.58 Å². The maximum Gasteiger partial charge on any atom is 0.246 e. The Labute approximate surface area is 78.4 Å². The summed E-state index contributed by atoms with van der Waals surface area (Å²) in [6.07, 6.45) is 1.58. The minimum absolute atomic E-state index is 0.160. The lowest BCUT2D eigenvalue weighted by molar-refractivity contribution is -0.126. The Bertz CT molecular complexity index is 208. The van der Waals surface area contributed by atoms with Crippen molar-refractivity contribution in [3.63, 3.8) is 0 Å². The third kappa shape index (κ3) is 4.99. The van der Waals surface area contributed by atoms with Crippen LogP contribution in [0.25, 0.3) is 0 Å². The van der Waals surface area contributed by atoms with E-state index in [0.717, 1.165) is 0 Å². The van der Waals surface area contributed by atoms with Crippen molar-refractivity contribution in [2.24, 2.45) is 0 Å². The van der Waals surface area contributed by atoms with Crippen molar-refractivity contribution in [3.8, 4) is 6.07 Å². The van der Waals surface area contributed by atoms with Crippen molar-refractivity contribution in [1.82, 2.24) is 4.90 Å². The van der Waals surface area contributed by atoms with Crippen molar-refractivity contribution >= 4 is 5.91 Å². The van der Waals surface area contributed by atoms with Gasteiger partial charge in [0.2, 0.25) is 5.91 Å². The highest BCUT2D eigenvalue weighted by atomic mass is 16.5. The highest BCUT2D eigenvalue weighted by Crippen LogP contribution is 1.93. The first-order valence-corrected chi connectivity index (χ1v) is 4.03. The van der Waals surface area contributed by atoms with Gasteiger partial charge in [0.1, 0.15) is 0 Å². The average molecular weight is 182 g/mol. The van der Waals surface area contributed by atoms with E-state index < -0.39 is 0 Å². The van der Waals surface area contributed by atoms with Crippen LogP contribution in [-0.2, 0) is 9.53 Å². The molecule has 0 bridgehead atoms. The molecule has 0 aromatic rings. The van der Waals surface area contributed by atoms with Crippen LogP contribution in [0.2, 0.25) is 0 Å². The standard InChI is InChI=1S/C9H14N2O2/c1-3-9(12)11(6-4-5-10)7-8-13-2/h3H,1,4,6-8H2,2H3. The molecule has 0 aliphatic heterocycles. The Kier molecular flexibility index (Phi) is 6.56. The molecule has 4 heteroatoms. The zero-order chi connectivity index (χ0) is 10.1. The molecule has 0 aliphatic rings. The van der Waals surface area contributed by atoms with Gasteiger partial charge in [-0.15, -0.1) is 0 Å². The highest BCUT2D eigenvalue weighted by molar-refractivity contribution is 5.86. The smallest absolute Gasteiger partial charge is 0.246 e. The fourth-order valence-electron chi connectivity index (χ4n) is 0.848. The number of rotatable bonds is 6. The molecule has 0 radical (unpaired) electrons. The van der Waals surface area contributed by atoms with Crippen LogP contribution >= 0.6 is 0 Å². The molecule has 0 aromatic heterocycles. The fourth-order valence-corrected chi connectivity index (χ4v) is 0.848. The van der Waals surface area contributed by atoms with Crippen LogP contribution < -0.4 is 0 Å². The van der Waals surface area contributed by atoms with Crippen LogP contribution in [0, 0.1) is 11.3 Å². The maximum atomic E-state index is 11.2. The fraction of sp³-hybridized carbons (Fsp3) is 0.556. The van der Waals surface area contributed by atoms with Crippen molar-refractivity contribution < 1.29 is 9.53 Å². The van der Waals surface area contributed by atoms with Gasteiger partial charge in [-0.3, -0.25) is 4.79 Å². The van der Waals surface area contributed by atoms with E-state index in [4.69, 9.17) is 10.00 Å². The van der Waals surface area contributed by atoms with Gasteiger partial charge in [-0.25, -0.2) is 0 Å². The molecule has 0 unspecified atom stereocenters. The number of carbonyl (C=O) groups is 1. The number of amides is 1. The maximum absolute atomic E-state index is 11.2. The molecule has 0 aromatic carbocycles. The first kappa shape index (κ1) is 11.7. The lowest BCUT2D eigenvalue weighted by atomic mass is 10.3. The van der Waals surface area contributed by atoms with Crippen molar-refractivity contribution in [3.05, 3.63) is 12.7 Å². The van der Waals surface area contributed by atoms with Crippen molar-refractivity contribution in [1.29, 1.82) is 5.26 Å². The quantitative estimate of drug-likeness (QED) is 0.564. The third-order valence-electron chi connectivity index (χ3n) is 1.55. The van der Waals surface area contributed by atoms with Crippen LogP contribution in [0.15, 0.2) is 12.7 Å². The SMILES string of the molecule is C=CC(=O)N(CCC#N)CCOC. The van der Waals surface area contributed by atoms with Gasteiger partial charge in [0, 0.05) is 20.2 Å². The predicted octanol–water partition coefficient (Wildman–Crippen LogP) is 0.561. The van der Waals surface area contributed by atoms with Gasteiger partial charge in [-0.05, 0) is 6.08 Å². The Morgan fingerprint density at radius 1 is 1.69 bits per heavy atom. The van der Waals surface area contributed by atoms with E-state index in [1.165, 1.54) is 6.08 Å². The minimum atomic E-state index is -0.160. The van der Waals surface area contributed by atoms with Crippen molar-refractivity contribution in [2.75, 3.05) is 26.8 Å². The molecular weight excluding hydrogens is 168 g/mol. The largest absolute Gasteiger partial charge is 0.383 e. The topological polar surface area (TPSA) is 53.3 Å². The molecule has 0 saturated heterocycles. The Balaban J connectivity index is 3.95. The summed E-state index contributed by atoms with van der Waals surface area (Å²) in [5.41, 5.74) is 0. The van der Waals surface area contributed by atoms with Crippen LogP contribution in [0.1, 0.15) is 6.42 Å². The summed E-state index contributed by atoms with van der Waals surface area (Å²) in [7, 11) is 1.57. The van der Waals surface area contributed by atoms with Gasteiger partial charge in [0.05, 0.1) is 19.1 Å². The Morgan fingerprint density at radius 2 is 2.38 bits per heavy atom. The van der Waals surface area contributed by atoms with E-state index >= 15 is 0 Å². The second-order valence-electron chi connectivity index (χ2n) is 2.43. The Hall–Kier alpha value is -1.34. The summed E-state index contributed by atoms with van der Waals surface area (Å²) in [5, 5.41) is 8.35. The van der Waals surface area contributed by atoms with E-state index in [0.29, 0.717) is 26.1 Å². The molecule has 0 N–H and O–H groups in total. The van der Waals surface area contributed by atoms with Crippen LogP contribution in [0.5, 0.6) is 0 Å². The number of nitriles is 1. The van der Waals surface area contributed by atoms with E-state index in [1.54, 1.807) is 12.0 Å². The number of hydrogen-bond acceptors (Lipinski definition) is 3. The average Bonchev–Trinajstić information content (AvgIpc) is 2.17. The summed E-state index contributed by atoms with van der Waals surface area (Å²) >= 11 is 0. The number of nitrogens with zero attached hydrogens (tertiary/aromatic N) is 2. The van der Waals surface area contributed by atoms with E-state index in [9.17, 15) is 4.79 Å². The molecule has 0 spiro atoms. The normalized spacial score (nSPS) is 8.92. The summed E-state index contributed by atoms with van der Waals surface area (Å²) in [4.78, 5) is 12.7. The zero-order valence-corrected chi connectivity index (χ0v) is 7.82. The van der Waals surface area contributed by atoms with Gasteiger partial charge in [0.25, 0.3) is 0 Å². The zero-order valence-electron chi connectivity index (χ0n) is 7.82. The second kappa shape index (κ2) is 7.32. The molecule has 0 atom stereocenters. The summed E-state index contributed by atoms with van der Waals surface area (Å²) in [6, 6.07) is 1.98. The van der Waals surface area contributed by atoms with Gasteiger partial charge in [-0.2, -0.15) is 5.26 Å². The lowest BCUT2D eigenvalue weighted by Crippen LogP contribution is -2.33. The molecule has 0 fully saturated rings. The molecule has 13 heavy (non-hydrogen) atoms. The molecular formula is C9H14N2O2. The summed E-state index contributed by atoms with van der Waals surface area (Å²) < 4.78 is 4.84. The van der Waals surface area contributed by atoms with Crippen molar-refractivity contribution in [2.45, 2.75) is 6.42 Å². The predicted molar refractivity (Wildman–Crippen MR) is 48.9 cm³/mol. The molecule has 0 heterocycles. The molecule has 0 rings (SSSR count). The highest BCUT2D eigenvalue weighted by Gasteiger charge is 2.08. The Morgan fingerprint density at radius 3 is 2.85 bits per heavy atom. The van der Waals surface area contributed by atoms with Crippen LogP contribution in [0.3, 0.4) is 0 Å². The molecule has 72 valence electrons. The molecule has 0 aliphatic carbocycles.